The van der Waals surface area contributed by atoms with E-state index in [2.05, 4.69) is 48.4 Å². The Morgan fingerprint density at radius 3 is 2.95 bits per heavy atom. The largest absolute Gasteiger partial charge is 0.448 e. The highest BCUT2D eigenvalue weighted by Gasteiger charge is 2.07. The summed E-state index contributed by atoms with van der Waals surface area (Å²) in [5, 5.41) is 3.36. The maximum absolute atomic E-state index is 5.50. The summed E-state index contributed by atoms with van der Waals surface area (Å²) in [4.78, 5) is 4.29. The Kier molecular flexibility index (Phi) is 5.16. The van der Waals surface area contributed by atoms with E-state index in [1.807, 2.05) is 0 Å². The second kappa shape index (κ2) is 7.10. The van der Waals surface area contributed by atoms with Gasteiger partial charge in [0.25, 0.3) is 0 Å². The van der Waals surface area contributed by atoms with Gasteiger partial charge in [0.1, 0.15) is 5.76 Å². The second-order valence-electron chi connectivity index (χ2n) is 4.89. The summed E-state index contributed by atoms with van der Waals surface area (Å²) in [5.74, 6) is 1.00. The zero-order chi connectivity index (χ0) is 13.5. The number of oxazole rings is 1. The molecule has 0 aliphatic heterocycles. The van der Waals surface area contributed by atoms with Crippen LogP contribution in [0, 0.1) is 6.92 Å². The van der Waals surface area contributed by atoms with Gasteiger partial charge in [0.15, 0.2) is 6.39 Å². The van der Waals surface area contributed by atoms with E-state index in [1.165, 1.54) is 11.1 Å². The summed E-state index contributed by atoms with van der Waals surface area (Å²) < 4.78 is 5.50. The lowest BCUT2D eigenvalue weighted by Gasteiger charge is -2.04. The average molecular weight is 258 g/mol. The lowest BCUT2D eigenvalue weighted by atomic mass is 10.1. The van der Waals surface area contributed by atoms with E-state index in [-0.39, 0.29) is 0 Å². The molecule has 1 aromatic carbocycles. The molecule has 0 fully saturated rings. The molecule has 0 atom stereocenters. The van der Waals surface area contributed by atoms with Gasteiger partial charge in [-0.1, -0.05) is 36.8 Å². The summed E-state index contributed by atoms with van der Waals surface area (Å²) in [7, 11) is 0. The summed E-state index contributed by atoms with van der Waals surface area (Å²) in [6, 6.07) is 8.62. The van der Waals surface area contributed by atoms with Crippen LogP contribution in [0.4, 0.5) is 0 Å². The molecule has 1 heterocycles. The molecule has 0 amide bonds. The normalized spacial score (nSPS) is 10.8. The maximum Gasteiger partial charge on any atom is 0.181 e. The number of nitrogens with one attached hydrogen (secondary N) is 1. The fourth-order valence-electron chi connectivity index (χ4n) is 2.15. The van der Waals surface area contributed by atoms with Gasteiger partial charge in [-0.05, 0) is 31.9 Å². The molecule has 0 saturated carbocycles. The molecule has 0 aliphatic carbocycles. The van der Waals surface area contributed by atoms with Crippen LogP contribution in [-0.4, -0.2) is 11.5 Å². The van der Waals surface area contributed by atoms with Crippen molar-refractivity contribution in [3.8, 4) is 0 Å². The van der Waals surface area contributed by atoms with Crippen LogP contribution in [-0.2, 0) is 19.4 Å². The minimum Gasteiger partial charge on any atom is -0.448 e. The molecule has 0 spiro atoms. The highest BCUT2D eigenvalue weighted by Crippen LogP contribution is 2.12. The number of aryl methyl sites for hydroxylation is 3. The molecule has 2 rings (SSSR count). The van der Waals surface area contributed by atoms with Gasteiger partial charge in [-0.15, -0.1) is 0 Å². The van der Waals surface area contributed by atoms with Gasteiger partial charge >= 0.3 is 0 Å². The van der Waals surface area contributed by atoms with Gasteiger partial charge in [-0.3, -0.25) is 0 Å². The topological polar surface area (TPSA) is 38.1 Å². The van der Waals surface area contributed by atoms with Crippen LogP contribution < -0.4 is 5.32 Å². The van der Waals surface area contributed by atoms with Crippen LogP contribution >= 0.6 is 0 Å². The number of rotatable bonds is 7. The van der Waals surface area contributed by atoms with Crippen LogP contribution in [0.25, 0.3) is 0 Å². The molecule has 19 heavy (non-hydrogen) atoms. The Bertz CT molecular complexity index is 505. The molecule has 0 radical (unpaired) electrons. The highest BCUT2D eigenvalue weighted by molar-refractivity contribution is 5.23. The first-order valence-corrected chi connectivity index (χ1v) is 6.97. The average Bonchev–Trinajstić information content (AvgIpc) is 2.84. The molecule has 2 aromatic rings. The molecular formula is C16H22N2O. The molecule has 0 saturated heterocycles. The summed E-state index contributed by atoms with van der Waals surface area (Å²) in [6.45, 7) is 6.10. The Morgan fingerprint density at radius 2 is 2.16 bits per heavy atom. The quantitative estimate of drug-likeness (QED) is 0.775. The predicted molar refractivity (Wildman–Crippen MR) is 77.1 cm³/mol. The maximum atomic E-state index is 5.50. The van der Waals surface area contributed by atoms with Gasteiger partial charge < -0.3 is 9.73 Å². The van der Waals surface area contributed by atoms with E-state index < -0.39 is 0 Å². The van der Waals surface area contributed by atoms with Crippen molar-refractivity contribution in [2.45, 2.75) is 39.7 Å². The highest BCUT2D eigenvalue weighted by atomic mass is 16.3. The van der Waals surface area contributed by atoms with Crippen LogP contribution in [0.2, 0.25) is 0 Å². The third-order valence-corrected chi connectivity index (χ3v) is 3.17. The van der Waals surface area contributed by atoms with E-state index in [9.17, 15) is 0 Å². The third-order valence-electron chi connectivity index (χ3n) is 3.17. The molecule has 0 unspecified atom stereocenters. The van der Waals surface area contributed by atoms with Gasteiger partial charge in [-0.25, -0.2) is 4.98 Å². The SMILES string of the molecule is CCCNCc1ncoc1CCc1cccc(C)c1. The lowest BCUT2D eigenvalue weighted by Crippen LogP contribution is -2.15. The van der Waals surface area contributed by atoms with Crippen LogP contribution in [0.3, 0.4) is 0 Å². The number of hydrogen-bond donors (Lipinski definition) is 1. The monoisotopic (exact) mass is 258 g/mol. The van der Waals surface area contributed by atoms with Crippen molar-refractivity contribution in [2.75, 3.05) is 6.54 Å². The van der Waals surface area contributed by atoms with Crippen molar-refractivity contribution < 1.29 is 4.42 Å². The molecule has 0 bridgehead atoms. The number of aromatic nitrogens is 1. The van der Waals surface area contributed by atoms with Crippen molar-refractivity contribution in [1.29, 1.82) is 0 Å². The van der Waals surface area contributed by atoms with E-state index in [4.69, 9.17) is 4.42 Å². The molecule has 3 heteroatoms. The predicted octanol–water partition coefficient (Wildman–Crippen LogP) is 3.27. The Labute approximate surface area is 115 Å². The standard InChI is InChI=1S/C16H22N2O/c1-3-9-17-11-15-16(19-12-18-15)8-7-14-6-4-5-13(2)10-14/h4-6,10,12,17H,3,7-9,11H2,1-2H3. The fourth-order valence-corrected chi connectivity index (χ4v) is 2.15. The summed E-state index contributed by atoms with van der Waals surface area (Å²) in [5.41, 5.74) is 3.70. The van der Waals surface area contributed by atoms with E-state index in [0.717, 1.165) is 43.8 Å². The first-order valence-electron chi connectivity index (χ1n) is 6.97. The number of hydrogen-bond acceptors (Lipinski definition) is 3. The Hall–Kier alpha value is -1.61. The molecule has 3 nitrogen and oxygen atoms in total. The van der Waals surface area contributed by atoms with E-state index >= 15 is 0 Å². The number of benzene rings is 1. The lowest BCUT2D eigenvalue weighted by molar-refractivity contribution is 0.497. The van der Waals surface area contributed by atoms with Crippen molar-refractivity contribution in [3.05, 3.63) is 53.2 Å². The van der Waals surface area contributed by atoms with Crippen molar-refractivity contribution >= 4 is 0 Å². The van der Waals surface area contributed by atoms with Crippen molar-refractivity contribution in [1.82, 2.24) is 10.3 Å². The van der Waals surface area contributed by atoms with E-state index in [1.54, 1.807) is 6.39 Å². The van der Waals surface area contributed by atoms with Crippen LogP contribution in [0.5, 0.6) is 0 Å². The summed E-state index contributed by atoms with van der Waals surface area (Å²) in [6.07, 6.45) is 4.59. The smallest absolute Gasteiger partial charge is 0.181 e. The van der Waals surface area contributed by atoms with Gasteiger partial charge in [0, 0.05) is 13.0 Å². The van der Waals surface area contributed by atoms with Crippen LogP contribution in [0.15, 0.2) is 35.1 Å². The zero-order valence-electron chi connectivity index (χ0n) is 11.8. The first kappa shape index (κ1) is 13.8. The minimum absolute atomic E-state index is 0.799. The van der Waals surface area contributed by atoms with Crippen molar-refractivity contribution in [2.24, 2.45) is 0 Å². The van der Waals surface area contributed by atoms with Gasteiger partial charge in [0.05, 0.1) is 5.69 Å². The molecular weight excluding hydrogens is 236 g/mol. The van der Waals surface area contributed by atoms with Crippen molar-refractivity contribution in [3.63, 3.8) is 0 Å². The third kappa shape index (κ3) is 4.21. The van der Waals surface area contributed by atoms with Gasteiger partial charge in [0.2, 0.25) is 0 Å². The minimum atomic E-state index is 0.799. The Balaban J connectivity index is 1.90. The zero-order valence-corrected chi connectivity index (χ0v) is 11.8. The van der Waals surface area contributed by atoms with E-state index in [0.29, 0.717) is 0 Å². The second-order valence-corrected chi connectivity index (χ2v) is 4.89. The van der Waals surface area contributed by atoms with Gasteiger partial charge in [-0.2, -0.15) is 0 Å². The van der Waals surface area contributed by atoms with Crippen LogP contribution in [0.1, 0.15) is 35.9 Å². The molecule has 102 valence electrons. The molecule has 1 aromatic heterocycles. The first-order chi connectivity index (χ1) is 9.29. The molecule has 0 aliphatic rings. The number of nitrogens with zero attached hydrogens (tertiary/aromatic N) is 1. The fraction of sp³-hybridized carbons (Fsp3) is 0.438. The summed E-state index contributed by atoms with van der Waals surface area (Å²) >= 11 is 0. The Morgan fingerprint density at radius 1 is 1.26 bits per heavy atom. The molecule has 1 N–H and O–H groups in total.